The summed E-state index contributed by atoms with van der Waals surface area (Å²) in [5, 5.41) is 12.1. The second kappa shape index (κ2) is 7.22. The van der Waals surface area contributed by atoms with Gasteiger partial charge in [-0.3, -0.25) is 9.59 Å². The normalized spacial score (nSPS) is 14.1. The Labute approximate surface area is 131 Å². The number of carboxylic acids is 1. The summed E-state index contributed by atoms with van der Waals surface area (Å²) < 4.78 is 1.07. The number of carbonyl (C=O) groups excluding carboxylic acids is 1. The van der Waals surface area contributed by atoms with Crippen molar-refractivity contribution in [3.05, 3.63) is 20.8 Å². The molecule has 1 rings (SSSR count). The first kappa shape index (κ1) is 17.2. The molecule has 1 unspecified atom stereocenters. The molecule has 0 aliphatic heterocycles. The van der Waals surface area contributed by atoms with Crippen molar-refractivity contribution in [3.8, 4) is 0 Å². The fourth-order valence-electron chi connectivity index (χ4n) is 1.73. The van der Waals surface area contributed by atoms with Crippen LogP contribution >= 0.6 is 27.3 Å². The van der Waals surface area contributed by atoms with E-state index < -0.39 is 11.4 Å². The van der Waals surface area contributed by atoms with Crippen LogP contribution in [0, 0.1) is 11.3 Å². The molecule has 0 fully saturated rings. The zero-order chi connectivity index (χ0) is 15.3. The molecule has 0 bridgehead atoms. The first-order chi connectivity index (χ1) is 9.25. The van der Waals surface area contributed by atoms with Crippen LogP contribution in [0.5, 0.6) is 0 Å². The summed E-state index contributed by atoms with van der Waals surface area (Å²) in [6, 6.07) is 3.98. The van der Waals surface area contributed by atoms with E-state index in [1.807, 2.05) is 26.0 Å². The number of halogens is 1. The summed E-state index contributed by atoms with van der Waals surface area (Å²) in [7, 11) is 0. The van der Waals surface area contributed by atoms with Gasteiger partial charge in [0.1, 0.15) is 0 Å². The third-order valence-corrected chi connectivity index (χ3v) is 5.30. The number of amides is 1. The van der Waals surface area contributed by atoms with Gasteiger partial charge in [-0.2, -0.15) is 0 Å². The van der Waals surface area contributed by atoms with Crippen LogP contribution in [0.15, 0.2) is 15.9 Å². The Balaban J connectivity index is 2.45. The minimum absolute atomic E-state index is 0.00807. The monoisotopic (exact) mass is 361 g/mol. The Morgan fingerprint density at radius 2 is 2.10 bits per heavy atom. The van der Waals surface area contributed by atoms with Crippen molar-refractivity contribution < 1.29 is 14.7 Å². The van der Waals surface area contributed by atoms with E-state index in [2.05, 4.69) is 21.2 Å². The minimum atomic E-state index is -1.02. The van der Waals surface area contributed by atoms with E-state index in [4.69, 9.17) is 0 Å². The molecule has 1 heterocycles. The van der Waals surface area contributed by atoms with Crippen LogP contribution < -0.4 is 5.32 Å². The van der Waals surface area contributed by atoms with Crippen molar-refractivity contribution in [2.45, 2.75) is 33.6 Å². The summed E-state index contributed by atoms with van der Waals surface area (Å²) in [6.07, 6.45) is 0.765. The molecule has 1 atom stereocenters. The molecule has 6 heteroatoms. The van der Waals surface area contributed by atoms with Crippen LogP contribution in [0.3, 0.4) is 0 Å². The molecule has 0 aromatic carbocycles. The fraction of sp³-hybridized carbons (Fsp3) is 0.571. The third kappa shape index (κ3) is 4.59. The van der Waals surface area contributed by atoms with Gasteiger partial charge < -0.3 is 10.4 Å². The zero-order valence-corrected chi connectivity index (χ0v) is 14.3. The number of rotatable bonds is 7. The van der Waals surface area contributed by atoms with Crippen LogP contribution in [-0.2, 0) is 16.0 Å². The maximum absolute atomic E-state index is 11.9. The lowest BCUT2D eigenvalue weighted by atomic mass is 9.76. The minimum Gasteiger partial charge on any atom is -0.481 e. The van der Waals surface area contributed by atoms with Crippen LogP contribution in [0.25, 0.3) is 0 Å². The lowest BCUT2D eigenvalue weighted by Crippen LogP contribution is -2.39. The fourth-order valence-corrected chi connectivity index (χ4v) is 3.22. The highest BCUT2D eigenvalue weighted by Gasteiger charge is 2.38. The number of carboxylic acid groups (broad SMARTS) is 1. The molecule has 0 saturated carbocycles. The first-order valence-electron chi connectivity index (χ1n) is 6.50. The van der Waals surface area contributed by atoms with E-state index in [9.17, 15) is 14.7 Å². The maximum Gasteiger partial charge on any atom is 0.310 e. The molecular formula is C14H20BrNO3S. The summed E-state index contributed by atoms with van der Waals surface area (Å²) >= 11 is 5.02. The highest BCUT2D eigenvalue weighted by molar-refractivity contribution is 9.11. The summed E-state index contributed by atoms with van der Waals surface area (Å²) in [5.41, 5.74) is -1.02. The van der Waals surface area contributed by atoms with Crippen molar-refractivity contribution in [3.63, 3.8) is 0 Å². The standard InChI is InChI=1S/C14H20BrNO3S/c1-9(2)14(3,13(18)19)8-12(17)16-7-6-10-4-5-11(15)20-10/h4-5,9H,6-8H2,1-3H3,(H,16,17)(H,18,19). The Morgan fingerprint density at radius 3 is 2.55 bits per heavy atom. The second-order valence-electron chi connectivity index (χ2n) is 5.36. The summed E-state index contributed by atoms with van der Waals surface area (Å²) in [6.45, 7) is 5.80. The average molecular weight is 362 g/mol. The molecule has 112 valence electrons. The molecule has 0 saturated heterocycles. The van der Waals surface area contributed by atoms with E-state index >= 15 is 0 Å². The van der Waals surface area contributed by atoms with Crippen molar-refractivity contribution in [2.75, 3.05) is 6.54 Å². The number of carbonyl (C=O) groups is 2. The molecule has 1 aromatic heterocycles. The van der Waals surface area contributed by atoms with Gasteiger partial charge in [0.25, 0.3) is 0 Å². The van der Waals surface area contributed by atoms with E-state index in [1.54, 1.807) is 18.3 Å². The van der Waals surface area contributed by atoms with E-state index in [0.29, 0.717) is 6.54 Å². The van der Waals surface area contributed by atoms with Gasteiger partial charge in [-0.15, -0.1) is 11.3 Å². The van der Waals surface area contributed by atoms with Gasteiger partial charge in [-0.25, -0.2) is 0 Å². The molecule has 20 heavy (non-hydrogen) atoms. The third-order valence-electron chi connectivity index (χ3n) is 3.61. The van der Waals surface area contributed by atoms with Crippen LogP contribution in [0.2, 0.25) is 0 Å². The average Bonchev–Trinajstić information content (AvgIpc) is 2.74. The van der Waals surface area contributed by atoms with E-state index in [1.165, 1.54) is 4.88 Å². The van der Waals surface area contributed by atoms with Crippen molar-refractivity contribution >= 4 is 39.1 Å². The zero-order valence-electron chi connectivity index (χ0n) is 11.9. The number of aliphatic carboxylic acids is 1. The molecule has 1 amide bonds. The van der Waals surface area contributed by atoms with E-state index in [-0.39, 0.29) is 18.2 Å². The molecule has 1 aromatic rings. The highest BCUT2D eigenvalue weighted by Crippen LogP contribution is 2.31. The molecular weight excluding hydrogens is 342 g/mol. The van der Waals surface area contributed by atoms with Crippen LogP contribution in [0.1, 0.15) is 32.1 Å². The number of nitrogens with one attached hydrogen (secondary N) is 1. The topological polar surface area (TPSA) is 66.4 Å². The van der Waals surface area contributed by atoms with Crippen molar-refractivity contribution in [1.29, 1.82) is 0 Å². The van der Waals surface area contributed by atoms with Crippen molar-refractivity contribution in [1.82, 2.24) is 5.32 Å². The smallest absolute Gasteiger partial charge is 0.310 e. The van der Waals surface area contributed by atoms with Gasteiger partial charge in [0.15, 0.2) is 0 Å². The number of hydrogen-bond acceptors (Lipinski definition) is 3. The van der Waals surface area contributed by atoms with Crippen LogP contribution in [0.4, 0.5) is 0 Å². The Bertz CT molecular complexity index is 487. The predicted molar refractivity (Wildman–Crippen MR) is 83.9 cm³/mol. The summed E-state index contributed by atoms with van der Waals surface area (Å²) in [4.78, 5) is 24.4. The largest absolute Gasteiger partial charge is 0.481 e. The SMILES string of the molecule is CC(C)C(C)(CC(=O)NCCc1ccc(Br)s1)C(=O)O. The van der Waals surface area contributed by atoms with E-state index in [0.717, 1.165) is 10.2 Å². The molecule has 2 N–H and O–H groups in total. The molecule has 0 aliphatic carbocycles. The van der Waals surface area contributed by atoms with Crippen molar-refractivity contribution in [2.24, 2.45) is 11.3 Å². The Kier molecular flexibility index (Phi) is 6.20. The highest BCUT2D eigenvalue weighted by atomic mass is 79.9. The van der Waals surface area contributed by atoms with Gasteiger partial charge in [-0.05, 0) is 47.3 Å². The summed E-state index contributed by atoms with van der Waals surface area (Å²) in [5.74, 6) is -1.23. The Morgan fingerprint density at radius 1 is 1.45 bits per heavy atom. The van der Waals surface area contributed by atoms with Gasteiger partial charge in [0.05, 0.1) is 9.20 Å². The molecule has 0 spiro atoms. The van der Waals surface area contributed by atoms with Gasteiger partial charge in [-0.1, -0.05) is 13.8 Å². The molecule has 0 aliphatic rings. The van der Waals surface area contributed by atoms with Crippen LogP contribution in [-0.4, -0.2) is 23.5 Å². The van der Waals surface area contributed by atoms with Gasteiger partial charge in [0.2, 0.25) is 5.91 Å². The lowest BCUT2D eigenvalue weighted by Gasteiger charge is -2.28. The lowest BCUT2D eigenvalue weighted by molar-refractivity contribution is -0.153. The van der Waals surface area contributed by atoms with Gasteiger partial charge >= 0.3 is 5.97 Å². The molecule has 4 nitrogen and oxygen atoms in total. The first-order valence-corrected chi connectivity index (χ1v) is 8.11. The number of thiophene rings is 1. The quantitative estimate of drug-likeness (QED) is 0.782. The van der Waals surface area contributed by atoms with Gasteiger partial charge in [0, 0.05) is 17.8 Å². The predicted octanol–water partition coefficient (Wildman–Crippen LogP) is 3.31. The Hall–Kier alpha value is -0.880. The molecule has 0 radical (unpaired) electrons. The maximum atomic E-state index is 11.9. The number of hydrogen-bond donors (Lipinski definition) is 2. The second-order valence-corrected chi connectivity index (χ2v) is 7.91.